The average molecular weight is 248 g/mol. The molecule has 1 aromatic carbocycles. The molecule has 5 heteroatoms. The second kappa shape index (κ2) is 6.40. The van der Waals surface area contributed by atoms with Gasteiger partial charge in [-0.15, -0.1) is 0 Å². The van der Waals surface area contributed by atoms with Crippen LogP contribution in [0.25, 0.3) is 0 Å². The van der Waals surface area contributed by atoms with Gasteiger partial charge in [-0.25, -0.2) is 0 Å². The molecule has 0 amide bonds. The average Bonchev–Trinajstić information content (AvgIpc) is 2.43. The number of nitriles is 1. The number of hydrogen-bond donors (Lipinski definition) is 1. The van der Waals surface area contributed by atoms with Crippen LogP contribution in [0.5, 0.6) is 17.2 Å². The summed E-state index contributed by atoms with van der Waals surface area (Å²) in [5, 5.41) is 8.86. The van der Waals surface area contributed by atoms with Gasteiger partial charge in [0.15, 0.2) is 11.5 Å². The lowest BCUT2D eigenvalue weighted by molar-refractivity contribution is 0.324. The minimum Gasteiger partial charge on any atom is -0.493 e. The summed E-state index contributed by atoms with van der Waals surface area (Å²) < 4.78 is 15.7. The molecular weight excluding hydrogens is 232 g/mol. The maximum Gasteiger partial charge on any atom is 0.203 e. The number of nitrogens with two attached hydrogens (primary N) is 1. The zero-order valence-electron chi connectivity index (χ0n) is 10.7. The zero-order valence-corrected chi connectivity index (χ0v) is 10.7. The molecule has 18 heavy (non-hydrogen) atoms. The lowest BCUT2D eigenvalue weighted by atomic mass is 10.1. The van der Waals surface area contributed by atoms with Gasteiger partial charge in [-0.2, -0.15) is 5.26 Å². The third-order valence-electron chi connectivity index (χ3n) is 2.46. The van der Waals surface area contributed by atoms with Crippen LogP contribution in [0.4, 0.5) is 0 Å². The Labute approximate surface area is 106 Å². The summed E-state index contributed by atoms with van der Waals surface area (Å²) in [6.45, 7) is 0. The SMILES string of the molecule is COc1cc(C/C(C#N)=C\N)cc(OC)c1OC. The fraction of sp³-hybridized carbons (Fsp3) is 0.308. The van der Waals surface area contributed by atoms with E-state index in [1.165, 1.54) is 6.20 Å². The van der Waals surface area contributed by atoms with Gasteiger partial charge in [-0.3, -0.25) is 0 Å². The summed E-state index contributed by atoms with van der Waals surface area (Å²) in [7, 11) is 4.64. The minimum absolute atomic E-state index is 0.420. The summed E-state index contributed by atoms with van der Waals surface area (Å²) in [4.78, 5) is 0. The van der Waals surface area contributed by atoms with Crippen LogP contribution in [-0.2, 0) is 6.42 Å². The molecule has 0 heterocycles. The van der Waals surface area contributed by atoms with E-state index in [1.54, 1.807) is 33.5 Å². The van der Waals surface area contributed by atoms with Crippen molar-refractivity contribution in [3.63, 3.8) is 0 Å². The number of ether oxygens (including phenoxy) is 3. The van der Waals surface area contributed by atoms with Crippen LogP contribution in [0.15, 0.2) is 23.9 Å². The van der Waals surface area contributed by atoms with Crippen molar-refractivity contribution < 1.29 is 14.2 Å². The summed E-state index contributed by atoms with van der Waals surface area (Å²) in [5.41, 5.74) is 6.70. The Balaban J connectivity index is 3.20. The predicted molar refractivity (Wildman–Crippen MR) is 67.7 cm³/mol. The van der Waals surface area contributed by atoms with Crippen molar-refractivity contribution in [2.75, 3.05) is 21.3 Å². The summed E-state index contributed by atoms with van der Waals surface area (Å²) in [5.74, 6) is 1.64. The number of allylic oxidation sites excluding steroid dienone is 1. The van der Waals surface area contributed by atoms with E-state index in [-0.39, 0.29) is 0 Å². The zero-order chi connectivity index (χ0) is 13.5. The molecule has 2 N–H and O–H groups in total. The topological polar surface area (TPSA) is 77.5 Å². The van der Waals surface area contributed by atoms with Gasteiger partial charge in [0.05, 0.1) is 27.4 Å². The highest BCUT2D eigenvalue weighted by Gasteiger charge is 2.13. The Kier molecular flexibility index (Phi) is 4.88. The number of rotatable bonds is 5. The lowest BCUT2D eigenvalue weighted by Gasteiger charge is -2.13. The Morgan fingerprint density at radius 1 is 1.22 bits per heavy atom. The van der Waals surface area contributed by atoms with Crippen molar-refractivity contribution in [1.29, 1.82) is 5.26 Å². The maximum atomic E-state index is 8.86. The van der Waals surface area contributed by atoms with Gasteiger partial charge in [-0.1, -0.05) is 0 Å². The molecule has 0 aromatic heterocycles. The Morgan fingerprint density at radius 3 is 2.11 bits per heavy atom. The monoisotopic (exact) mass is 248 g/mol. The molecule has 5 nitrogen and oxygen atoms in total. The van der Waals surface area contributed by atoms with E-state index in [0.717, 1.165) is 5.56 Å². The molecule has 0 radical (unpaired) electrons. The van der Waals surface area contributed by atoms with Crippen LogP contribution in [-0.4, -0.2) is 21.3 Å². The molecule has 0 aliphatic heterocycles. The van der Waals surface area contributed by atoms with Crippen molar-refractivity contribution in [1.82, 2.24) is 0 Å². The minimum atomic E-state index is 0.420. The molecule has 0 aliphatic carbocycles. The van der Waals surface area contributed by atoms with Crippen molar-refractivity contribution in [2.45, 2.75) is 6.42 Å². The third kappa shape index (κ3) is 2.86. The van der Waals surface area contributed by atoms with E-state index in [0.29, 0.717) is 29.2 Å². The first-order valence-corrected chi connectivity index (χ1v) is 5.29. The Morgan fingerprint density at radius 2 is 1.78 bits per heavy atom. The van der Waals surface area contributed by atoms with Crippen LogP contribution in [0.3, 0.4) is 0 Å². The maximum absolute atomic E-state index is 8.86. The molecule has 0 unspecified atom stereocenters. The molecular formula is C13H16N2O3. The smallest absolute Gasteiger partial charge is 0.203 e. The number of nitrogens with zero attached hydrogens (tertiary/aromatic N) is 1. The van der Waals surface area contributed by atoms with Gasteiger partial charge in [-0.05, 0) is 17.7 Å². The predicted octanol–water partition coefficient (Wildman–Crippen LogP) is 1.62. The quantitative estimate of drug-likeness (QED) is 0.801. The molecule has 96 valence electrons. The fourth-order valence-electron chi connectivity index (χ4n) is 1.59. The molecule has 0 bridgehead atoms. The fourth-order valence-corrected chi connectivity index (χ4v) is 1.59. The van der Waals surface area contributed by atoms with E-state index < -0.39 is 0 Å². The van der Waals surface area contributed by atoms with Gasteiger partial charge >= 0.3 is 0 Å². The highest BCUT2D eigenvalue weighted by Crippen LogP contribution is 2.38. The van der Waals surface area contributed by atoms with Crippen LogP contribution in [0.1, 0.15) is 5.56 Å². The summed E-state index contributed by atoms with van der Waals surface area (Å²) >= 11 is 0. The van der Waals surface area contributed by atoms with E-state index in [1.807, 2.05) is 6.07 Å². The van der Waals surface area contributed by atoms with Crippen molar-refractivity contribution in [3.8, 4) is 23.3 Å². The number of benzene rings is 1. The first kappa shape index (κ1) is 13.7. The van der Waals surface area contributed by atoms with Crippen LogP contribution >= 0.6 is 0 Å². The molecule has 0 spiro atoms. The molecule has 1 aromatic rings. The van der Waals surface area contributed by atoms with Crippen molar-refractivity contribution in [2.24, 2.45) is 5.73 Å². The molecule has 0 saturated carbocycles. The van der Waals surface area contributed by atoms with E-state index in [2.05, 4.69) is 0 Å². The number of hydrogen-bond acceptors (Lipinski definition) is 5. The standard InChI is InChI=1S/C13H16N2O3/c1-16-11-5-9(4-10(7-14)8-15)6-12(17-2)13(11)18-3/h5-7H,4,14H2,1-3H3/b10-7+. The van der Waals surface area contributed by atoms with Crippen molar-refractivity contribution >= 4 is 0 Å². The van der Waals surface area contributed by atoms with Crippen molar-refractivity contribution in [3.05, 3.63) is 29.5 Å². The van der Waals surface area contributed by atoms with Gasteiger partial charge in [0, 0.05) is 18.2 Å². The second-order valence-corrected chi connectivity index (χ2v) is 3.51. The van der Waals surface area contributed by atoms with Gasteiger partial charge in [0.2, 0.25) is 5.75 Å². The van der Waals surface area contributed by atoms with E-state index in [4.69, 9.17) is 25.2 Å². The first-order valence-electron chi connectivity index (χ1n) is 5.29. The summed E-state index contributed by atoms with van der Waals surface area (Å²) in [6, 6.07) is 5.61. The number of methoxy groups -OCH3 is 3. The van der Waals surface area contributed by atoms with E-state index in [9.17, 15) is 0 Å². The molecule has 0 saturated heterocycles. The van der Waals surface area contributed by atoms with Gasteiger partial charge < -0.3 is 19.9 Å². The third-order valence-corrected chi connectivity index (χ3v) is 2.46. The van der Waals surface area contributed by atoms with Crippen LogP contribution < -0.4 is 19.9 Å². The normalized spacial score (nSPS) is 10.7. The first-order chi connectivity index (χ1) is 8.69. The molecule has 1 rings (SSSR count). The highest BCUT2D eigenvalue weighted by atomic mass is 16.5. The molecule has 0 atom stereocenters. The van der Waals surface area contributed by atoms with Crippen LogP contribution in [0, 0.1) is 11.3 Å². The van der Waals surface area contributed by atoms with Gasteiger partial charge in [0.25, 0.3) is 0 Å². The largest absolute Gasteiger partial charge is 0.493 e. The Hall–Kier alpha value is -2.35. The van der Waals surface area contributed by atoms with Crippen LogP contribution in [0.2, 0.25) is 0 Å². The molecule has 0 aliphatic rings. The summed E-state index contributed by atoms with van der Waals surface area (Å²) in [6.07, 6.45) is 1.72. The van der Waals surface area contributed by atoms with E-state index >= 15 is 0 Å². The Bertz CT molecular complexity index is 464. The second-order valence-electron chi connectivity index (χ2n) is 3.51. The highest BCUT2D eigenvalue weighted by molar-refractivity contribution is 5.54. The van der Waals surface area contributed by atoms with Gasteiger partial charge in [0.1, 0.15) is 0 Å². The molecule has 0 fully saturated rings. The lowest BCUT2D eigenvalue weighted by Crippen LogP contribution is -1.98.